The molecule has 1 amide bonds. The number of carbonyl (C=O) groups is 1. The average Bonchev–Trinajstić information content (AvgIpc) is 2.00. The quantitative estimate of drug-likeness (QED) is 0.787. The van der Waals surface area contributed by atoms with Crippen LogP contribution in [0.25, 0.3) is 0 Å². The number of nitrogens with one attached hydrogen (secondary N) is 1. The Morgan fingerprint density at radius 1 is 1.53 bits per heavy atom. The first-order chi connectivity index (χ1) is 6.71. The average molecular weight is 278 g/mol. The minimum absolute atomic E-state index is 0.0465. The van der Waals surface area contributed by atoms with Crippen LogP contribution in [0.15, 0.2) is 0 Å². The van der Waals surface area contributed by atoms with Crippen LogP contribution in [0.1, 0.15) is 40.5 Å². The van der Waals surface area contributed by atoms with Crippen molar-refractivity contribution < 1.29 is 9.53 Å². The van der Waals surface area contributed by atoms with Crippen LogP contribution in [0.5, 0.6) is 0 Å². The molecule has 1 fully saturated rings. The third-order valence-corrected chi connectivity index (χ3v) is 2.93. The predicted octanol–water partition coefficient (Wildman–Crippen LogP) is 2.23. The van der Waals surface area contributed by atoms with Crippen LogP contribution in [0.2, 0.25) is 0 Å². The summed E-state index contributed by atoms with van der Waals surface area (Å²) in [6.45, 7) is 8.55. The zero-order valence-corrected chi connectivity index (χ0v) is 11.5. The molecule has 1 aliphatic heterocycles. The Kier molecular flexibility index (Phi) is 3.82. The van der Waals surface area contributed by atoms with Gasteiger partial charge in [0.2, 0.25) is 5.91 Å². The van der Waals surface area contributed by atoms with E-state index in [1.165, 1.54) is 0 Å². The molecule has 4 heteroatoms. The Hall–Kier alpha value is -0.0900. The van der Waals surface area contributed by atoms with E-state index in [4.69, 9.17) is 4.74 Å². The van der Waals surface area contributed by atoms with E-state index in [2.05, 4.69) is 35.1 Å². The molecule has 1 aliphatic rings. The van der Waals surface area contributed by atoms with Crippen LogP contribution in [-0.4, -0.2) is 28.5 Å². The normalized spacial score (nSPS) is 26.1. The molecule has 0 radical (unpaired) electrons. The lowest BCUT2D eigenvalue weighted by Gasteiger charge is -2.36. The maximum atomic E-state index is 11.7. The molecule has 0 aromatic heterocycles. The Bertz CT molecular complexity index is 245. The molecule has 0 aliphatic carbocycles. The molecule has 88 valence electrons. The van der Waals surface area contributed by atoms with Gasteiger partial charge < -0.3 is 10.1 Å². The first-order valence-corrected chi connectivity index (χ1v) is 6.14. The summed E-state index contributed by atoms with van der Waals surface area (Å²) in [4.78, 5) is 11.7. The van der Waals surface area contributed by atoms with Crippen LogP contribution in [0, 0.1) is 0 Å². The second-order valence-electron chi connectivity index (χ2n) is 5.24. The molecule has 0 aromatic carbocycles. The number of ether oxygens (including phenoxy) is 1. The van der Waals surface area contributed by atoms with Crippen LogP contribution in [-0.2, 0) is 9.53 Å². The zero-order valence-electron chi connectivity index (χ0n) is 9.89. The smallest absolute Gasteiger partial charge is 0.236 e. The van der Waals surface area contributed by atoms with E-state index in [0.29, 0.717) is 0 Å². The molecule has 1 N–H and O–H groups in total. The van der Waals surface area contributed by atoms with Crippen molar-refractivity contribution in [1.82, 2.24) is 5.32 Å². The maximum absolute atomic E-state index is 11.7. The highest BCUT2D eigenvalue weighted by Crippen LogP contribution is 2.25. The van der Waals surface area contributed by atoms with Gasteiger partial charge in [-0.25, -0.2) is 0 Å². The van der Waals surface area contributed by atoms with Gasteiger partial charge in [0.15, 0.2) is 0 Å². The molecular weight excluding hydrogens is 258 g/mol. The molecule has 1 rings (SSSR count). The molecule has 0 aromatic rings. The first-order valence-electron chi connectivity index (χ1n) is 5.34. The predicted molar refractivity (Wildman–Crippen MR) is 64.2 cm³/mol. The number of amides is 1. The minimum atomic E-state index is -0.491. The lowest BCUT2D eigenvalue weighted by molar-refractivity contribution is -0.125. The van der Waals surface area contributed by atoms with E-state index in [9.17, 15) is 4.79 Å². The van der Waals surface area contributed by atoms with Gasteiger partial charge in [-0.1, -0.05) is 15.9 Å². The summed E-state index contributed by atoms with van der Waals surface area (Å²) in [7, 11) is 0. The molecule has 0 saturated carbocycles. The molecule has 1 unspecified atom stereocenters. The third kappa shape index (κ3) is 4.11. The summed E-state index contributed by atoms with van der Waals surface area (Å²) in [6.07, 6.45) is 1.78. The number of alkyl halides is 1. The number of hydrogen-bond acceptors (Lipinski definition) is 2. The molecule has 3 nitrogen and oxygen atoms in total. The van der Waals surface area contributed by atoms with Crippen molar-refractivity contribution in [2.24, 2.45) is 0 Å². The lowest BCUT2D eigenvalue weighted by Crippen LogP contribution is -2.49. The van der Waals surface area contributed by atoms with Crippen LogP contribution >= 0.6 is 15.9 Å². The van der Waals surface area contributed by atoms with Crippen molar-refractivity contribution in [3.05, 3.63) is 0 Å². The van der Waals surface area contributed by atoms with Crippen molar-refractivity contribution >= 4 is 21.8 Å². The van der Waals surface area contributed by atoms with Gasteiger partial charge in [0.25, 0.3) is 0 Å². The highest BCUT2D eigenvalue weighted by molar-refractivity contribution is 9.10. The number of hydrogen-bond donors (Lipinski definition) is 1. The summed E-state index contributed by atoms with van der Waals surface area (Å²) in [5.41, 5.74) is -0.118. The Morgan fingerprint density at radius 2 is 2.13 bits per heavy atom. The third-order valence-electron chi connectivity index (χ3n) is 2.57. The highest BCUT2D eigenvalue weighted by Gasteiger charge is 2.32. The van der Waals surface area contributed by atoms with Crippen molar-refractivity contribution in [3.63, 3.8) is 0 Å². The van der Waals surface area contributed by atoms with E-state index in [1.807, 2.05) is 13.8 Å². The maximum Gasteiger partial charge on any atom is 0.236 e. The highest BCUT2D eigenvalue weighted by atomic mass is 79.9. The lowest BCUT2D eigenvalue weighted by atomic mass is 9.93. The second kappa shape index (κ2) is 4.42. The Labute approximate surface area is 100 Å². The van der Waals surface area contributed by atoms with Crippen LogP contribution < -0.4 is 5.32 Å². The molecule has 0 spiro atoms. The summed E-state index contributed by atoms with van der Waals surface area (Å²) in [6, 6.07) is 0.234. The molecular formula is C11H20BrNO2. The summed E-state index contributed by atoms with van der Waals surface area (Å²) >= 11 is 3.36. The van der Waals surface area contributed by atoms with Crippen molar-refractivity contribution in [1.29, 1.82) is 0 Å². The van der Waals surface area contributed by atoms with E-state index in [1.54, 1.807) is 0 Å². The summed E-state index contributed by atoms with van der Waals surface area (Å²) in [5, 5.41) is 3.05. The standard InChI is InChI=1S/C11H20BrNO2/c1-10(2)7-8(5-6-15-10)13-9(14)11(3,4)12/h8H,5-7H2,1-4H3,(H,13,14). The Morgan fingerprint density at radius 3 is 2.60 bits per heavy atom. The van der Waals surface area contributed by atoms with Crippen LogP contribution in [0.4, 0.5) is 0 Å². The molecule has 1 atom stereocenters. The van der Waals surface area contributed by atoms with Gasteiger partial charge in [-0.3, -0.25) is 4.79 Å². The van der Waals surface area contributed by atoms with E-state index < -0.39 is 4.32 Å². The second-order valence-corrected chi connectivity index (χ2v) is 7.23. The Balaban J connectivity index is 2.49. The molecule has 0 bridgehead atoms. The SMILES string of the molecule is CC1(C)CC(NC(=O)C(C)(C)Br)CCO1. The van der Waals surface area contributed by atoms with E-state index >= 15 is 0 Å². The fourth-order valence-electron chi connectivity index (χ4n) is 1.71. The monoisotopic (exact) mass is 277 g/mol. The summed E-state index contributed by atoms with van der Waals surface area (Å²) in [5.74, 6) is 0.0465. The number of carbonyl (C=O) groups excluding carboxylic acids is 1. The van der Waals surface area contributed by atoms with Gasteiger partial charge >= 0.3 is 0 Å². The van der Waals surface area contributed by atoms with Crippen molar-refractivity contribution in [3.8, 4) is 0 Å². The van der Waals surface area contributed by atoms with Gasteiger partial charge in [-0.15, -0.1) is 0 Å². The van der Waals surface area contributed by atoms with E-state index in [0.717, 1.165) is 19.4 Å². The van der Waals surface area contributed by atoms with Crippen molar-refractivity contribution in [2.45, 2.75) is 56.5 Å². The number of halogens is 1. The minimum Gasteiger partial charge on any atom is -0.375 e. The number of rotatable bonds is 2. The van der Waals surface area contributed by atoms with Crippen LogP contribution in [0.3, 0.4) is 0 Å². The fraction of sp³-hybridized carbons (Fsp3) is 0.909. The van der Waals surface area contributed by atoms with Gasteiger partial charge in [0.1, 0.15) is 0 Å². The van der Waals surface area contributed by atoms with Crippen molar-refractivity contribution in [2.75, 3.05) is 6.61 Å². The summed E-state index contributed by atoms with van der Waals surface area (Å²) < 4.78 is 5.11. The molecule has 15 heavy (non-hydrogen) atoms. The van der Waals surface area contributed by atoms with Gasteiger partial charge in [0, 0.05) is 12.6 Å². The molecule has 1 heterocycles. The fourth-order valence-corrected chi connectivity index (χ4v) is 1.83. The van der Waals surface area contributed by atoms with Gasteiger partial charge in [-0.2, -0.15) is 0 Å². The topological polar surface area (TPSA) is 38.3 Å². The van der Waals surface area contributed by atoms with Gasteiger partial charge in [0.05, 0.1) is 9.93 Å². The first kappa shape index (κ1) is 13.0. The molecule has 1 saturated heterocycles. The van der Waals surface area contributed by atoms with E-state index in [-0.39, 0.29) is 17.6 Å². The zero-order chi connectivity index (χ0) is 11.7. The largest absolute Gasteiger partial charge is 0.375 e. The van der Waals surface area contributed by atoms with Gasteiger partial charge in [-0.05, 0) is 40.5 Å².